The van der Waals surface area contributed by atoms with Gasteiger partial charge in [0.05, 0.1) is 0 Å². The Bertz CT molecular complexity index is 312. The van der Waals surface area contributed by atoms with E-state index in [1.165, 1.54) is 24.2 Å². The van der Waals surface area contributed by atoms with Crippen LogP contribution in [-0.4, -0.2) is 20.1 Å². The summed E-state index contributed by atoms with van der Waals surface area (Å²) < 4.78 is 0. The second kappa shape index (κ2) is 4.13. The van der Waals surface area contributed by atoms with E-state index in [4.69, 9.17) is 0 Å². The van der Waals surface area contributed by atoms with Gasteiger partial charge in [0, 0.05) is 31.5 Å². The normalized spacial score (nSPS) is 17.3. The summed E-state index contributed by atoms with van der Waals surface area (Å²) in [5.74, 6) is 0.901. The Labute approximate surface area is 92.3 Å². The number of nitrogens with one attached hydrogen (secondary N) is 1. The van der Waals surface area contributed by atoms with Crippen LogP contribution >= 0.6 is 0 Å². The highest BCUT2D eigenvalue weighted by atomic mass is 15.1. The number of anilines is 2. The summed E-state index contributed by atoms with van der Waals surface area (Å²) in [5, 5.41) is 3.55. The molecule has 0 bridgehead atoms. The van der Waals surface area contributed by atoms with E-state index in [1.807, 2.05) is 0 Å². The zero-order valence-corrected chi connectivity index (χ0v) is 9.83. The van der Waals surface area contributed by atoms with Gasteiger partial charge in [0.2, 0.25) is 0 Å². The van der Waals surface area contributed by atoms with Crippen molar-refractivity contribution in [1.82, 2.24) is 0 Å². The molecule has 2 rings (SSSR count). The van der Waals surface area contributed by atoms with Gasteiger partial charge < -0.3 is 10.2 Å². The minimum atomic E-state index is 0.621. The number of rotatable bonds is 4. The molecule has 1 aliphatic carbocycles. The van der Waals surface area contributed by atoms with Crippen LogP contribution in [0.1, 0.15) is 19.8 Å². The summed E-state index contributed by atoms with van der Waals surface area (Å²) in [6, 6.07) is 9.25. The summed E-state index contributed by atoms with van der Waals surface area (Å²) in [6.45, 7) is 2.28. The molecule has 0 heterocycles. The van der Waals surface area contributed by atoms with Crippen LogP contribution in [0.25, 0.3) is 0 Å². The number of benzene rings is 1. The highest BCUT2D eigenvalue weighted by Gasteiger charge is 2.27. The lowest BCUT2D eigenvalue weighted by molar-refractivity contribution is 0.694. The van der Waals surface area contributed by atoms with Crippen LogP contribution in [0.2, 0.25) is 0 Å². The van der Waals surface area contributed by atoms with E-state index in [-0.39, 0.29) is 0 Å². The van der Waals surface area contributed by atoms with Crippen LogP contribution in [0.15, 0.2) is 24.3 Å². The maximum absolute atomic E-state index is 3.55. The molecule has 1 fully saturated rings. The minimum Gasteiger partial charge on any atom is -0.382 e. The number of hydrogen-bond acceptors (Lipinski definition) is 2. The standard InChI is InChI=1S/C13H20N2/c1-10(11-4-5-11)14-12-6-8-13(9-7-12)15(2)3/h6-11,14H,4-5H2,1-3H3/t10-/m0/s1. The van der Waals surface area contributed by atoms with Crippen molar-refractivity contribution in [2.75, 3.05) is 24.3 Å². The van der Waals surface area contributed by atoms with Gasteiger partial charge in [0.25, 0.3) is 0 Å². The molecule has 1 saturated carbocycles. The predicted molar refractivity (Wildman–Crippen MR) is 66.6 cm³/mol. The van der Waals surface area contributed by atoms with E-state index in [9.17, 15) is 0 Å². The number of hydrogen-bond donors (Lipinski definition) is 1. The first-order valence-electron chi connectivity index (χ1n) is 5.71. The smallest absolute Gasteiger partial charge is 0.0362 e. The topological polar surface area (TPSA) is 15.3 Å². The van der Waals surface area contributed by atoms with Crippen molar-refractivity contribution < 1.29 is 0 Å². The lowest BCUT2D eigenvalue weighted by Gasteiger charge is -2.16. The summed E-state index contributed by atoms with van der Waals surface area (Å²) in [6.07, 6.45) is 2.79. The summed E-state index contributed by atoms with van der Waals surface area (Å²) in [7, 11) is 4.13. The molecule has 82 valence electrons. The van der Waals surface area contributed by atoms with Crippen molar-refractivity contribution in [2.24, 2.45) is 5.92 Å². The molecule has 1 aromatic carbocycles. The third kappa shape index (κ3) is 2.65. The van der Waals surface area contributed by atoms with Crippen LogP contribution in [0.5, 0.6) is 0 Å². The summed E-state index contributed by atoms with van der Waals surface area (Å²) in [5.41, 5.74) is 2.49. The van der Waals surface area contributed by atoms with Crippen LogP contribution in [0.4, 0.5) is 11.4 Å². The fraction of sp³-hybridized carbons (Fsp3) is 0.538. The molecule has 1 aromatic rings. The lowest BCUT2D eigenvalue weighted by atomic mass is 10.2. The maximum Gasteiger partial charge on any atom is 0.0362 e. The Hall–Kier alpha value is -1.18. The zero-order chi connectivity index (χ0) is 10.8. The van der Waals surface area contributed by atoms with Crippen molar-refractivity contribution >= 4 is 11.4 Å². The Morgan fingerprint density at radius 2 is 1.80 bits per heavy atom. The van der Waals surface area contributed by atoms with Gasteiger partial charge in [-0.15, -0.1) is 0 Å². The molecule has 1 atom stereocenters. The van der Waals surface area contributed by atoms with E-state index in [0.717, 1.165) is 5.92 Å². The van der Waals surface area contributed by atoms with Crippen LogP contribution < -0.4 is 10.2 Å². The average molecular weight is 204 g/mol. The van der Waals surface area contributed by atoms with Gasteiger partial charge in [-0.05, 0) is 49.9 Å². The van der Waals surface area contributed by atoms with E-state index in [2.05, 4.69) is 55.5 Å². The fourth-order valence-corrected chi connectivity index (χ4v) is 1.83. The van der Waals surface area contributed by atoms with Gasteiger partial charge in [0.1, 0.15) is 0 Å². The maximum atomic E-state index is 3.55. The molecule has 0 amide bonds. The molecule has 15 heavy (non-hydrogen) atoms. The van der Waals surface area contributed by atoms with Crippen molar-refractivity contribution in [3.63, 3.8) is 0 Å². The first-order chi connectivity index (χ1) is 7.16. The molecule has 0 spiro atoms. The molecule has 0 unspecified atom stereocenters. The second-order valence-electron chi connectivity index (χ2n) is 4.71. The van der Waals surface area contributed by atoms with Gasteiger partial charge in [0.15, 0.2) is 0 Å². The summed E-state index contributed by atoms with van der Waals surface area (Å²) >= 11 is 0. The van der Waals surface area contributed by atoms with Crippen LogP contribution in [0.3, 0.4) is 0 Å². The Morgan fingerprint density at radius 1 is 1.20 bits per heavy atom. The van der Waals surface area contributed by atoms with E-state index < -0.39 is 0 Å². The van der Waals surface area contributed by atoms with Crippen molar-refractivity contribution in [3.8, 4) is 0 Å². The van der Waals surface area contributed by atoms with Crippen molar-refractivity contribution in [3.05, 3.63) is 24.3 Å². The quantitative estimate of drug-likeness (QED) is 0.811. The monoisotopic (exact) mass is 204 g/mol. The molecular weight excluding hydrogens is 184 g/mol. The van der Waals surface area contributed by atoms with Gasteiger partial charge in [-0.2, -0.15) is 0 Å². The first-order valence-corrected chi connectivity index (χ1v) is 5.71. The van der Waals surface area contributed by atoms with E-state index in [1.54, 1.807) is 0 Å². The third-order valence-electron chi connectivity index (χ3n) is 3.11. The molecule has 0 saturated heterocycles. The molecule has 0 aliphatic heterocycles. The molecule has 1 N–H and O–H groups in total. The molecule has 2 nitrogen and oxygen atoms in total. The molecule has 2 heteroatoms. The van der Waals surface area contributed by atoms with Gasteiger partial charge >= 0.3 is 0 Å². The van der Waals surface area contributed by atoms with E-state index >= 15 is 0 Å². The Balaban J connectivity index is 1.97. The predicted octanol–water partition coefficient (Wildman–Crippen LogP) is 2.96. The van der Waals surface area contributed by atoms with Gasteiger partial charge in [-0.3, -0.25) is 0 Å². The second-order valence-corrected chi connectivity index (χ2v) is 4.71. The molecule has 0 radical (unpaired) electrons. The largest absolute Gasteiger partial charge is 0.382 e. The highest BCUT2D eigenvalue weighted by molar-refractivity contribution is 5.54. The van der Waals surface area contributed by atoms with Crippen LogP contribution in [0, 0.1) is 5.92 Å². The minimum absolute atomic E-state index is 0.621. The first kappa shape index (κ1) is 10.3. The van der Waals surface area contributed by atoms with E-state index in [0.29, 0.717) is 6.04 Å². The SMILES string of the molecule is C[C@H](Nc1ccc(N(C)C)cc1)C1CC1. The molecule has 0 aromatic heterocycles. The third-order valence-corrected chi connectivity index (χ3v) is 3.11. The van der Waals surface area contributed by atoms with Gasteiger partial charge in [-0.1, -0.05) is 0 Å². The highest BCUT2D eigenvalue weighted by Crippen LogP contribution is 2.34. The Kier molecular flexibility index (Phi) is 2.85. The average Bonchev–Trinajstić information content (AvgIpc) is 3.01. The fourth-order valence-electron chi connectivity index (χ4n) is 1.83. The van der Waals surface area contributed by atoms with Gasteiger partial charge in [-0.25, -0.2) is 0 Å². The van der Waals surface area contributed by atoms with Crippen LogP contribution in [-0.2, 0) is 0 Å². The Morgan fingerprint density at radius 3 is 2.27 bits per heavy atom. The summed E-state index contributed by atoms with van der Waals surface area (Å²) in [4.78, 5) is 2.12. The van der Waals surface area contributed by atoms with Crippen molar-refractivity contribution in [1.29, 1.82) is 0 Å². The number of nitrogens with zero attached hydrogens (tertiary/aromatic N) is 1. The lowest BCUT2D eigenvalue weighted by Crippen LogP contribution is -2.17. The molecule has 1 aliphatic rings. The molecular formula is C13H20N2. The zero-order valence-electron chi connectivity index (χ0n) is 9.83. The van der Waals surface area contributed by atoms with Crippen molar-refractivity contribution in [2.45, 2.75) is 25.8 Å².